The first-order valence-corrected chi connectivity index (χ1v) is 10.3. The number of carbonyl (C=O) groups is 2. The third-order valence-electron chi connectivity index (χ3n) is 5.09. The van der Waals surface area contributed by atoms with Crippen molar-refractivity contribution in [3.05, 3.63) is 101 Å². The lowest BCUT2D eigenvalue weighted by atomic mass is 10.0. The highest BCUT2D eigenvalue weighted by Gasteiger charge is 2.11. The maximum atomic E-state index is 13.9. The number of carboxylic acids is 1. The van der Waals surface area contributed by atoms with Crippen molar-refractivity contribution in [1.82, 2.24) is 9.97 Å². The monoisotopic (exact) mass is 444 g/mol. The van der Waals surface area contributed by atoms with E-state index in [4.69, 9.17) is 9.84 Å². The standard InChI is InChI=1S/C26H21FN2O4/c1-16-2-7-23(27)18(10-16)12-20(30)11-17-3-5-21(6-4-17)33-22-8-9-28-24(14-22)19-13-25(26(31)32)29-15-19/h2-10,13-15,29H,11-12H2,1H3,(H,31,32). The molecule has 0 unspecified atom stereocenters. The molecule has 0 amide bonds. The van der Waals surface area contributed by atoms with Crippen LogP contribution in [0.5, 0.6) is 11.5 Å². The van der Waals surface area contributed by atoms with Gasteiger partial charge in [-0.25, -0.2) is 9.18 Å². The summed E-state index contributed by atoms with van der Waals surface area (Å²) in [4.78, 5) is 30.4. The molecule has 0 fully saturated rings. The van der Waals surface area contributed by atoms with Crippen LogP contribution in [0.2, 0.25) is 0 Å². The maximum Gasteiger partial charge on any atom is 0.352 e. The molecule has 0 aliphatic carbocycles. The molecule has 0 atom stereocenters. The Morgan fingerprint density at radius 3 is 2.52 bits per heavy atom. The highest BCUT2D eigenvalue weighted by Crippen LogP contribution is 2.26. The van der Waals surface area contributed by atoms with Crippen LogP contribution in [0.15, 0.2) is 73.1 Å². The van der Waals surface area contributed by atoms with E-state index in [-0.39, 0.29) is 30.1 Å². The first-order chi connectivity index (χ1) is 15.9. The lowest BCUT2D eigenvalue weighted by Gasteiger charge is -2.08. The molecule has 0 radical (unpaired) electrons. The number of aryl methyl sites for hydroxylation is 1. The predicted molar refractivity (Wildman–Crippen MR) is 121 cm³/mol. The second kappa shape index (κ2) is 9.48. The molecule has 0 spiro atoms. The number of pyridine rings is 1. The summed E-state index contributed by atoms with van der Waals surface area (Å²) in [6, 6.07) is 16.8. The lowest BCUT2D eigenvalue weighted by molar-refractivity contribution is -0.117. The Bertz CT molecular complexity index is 1310. The van der Waals surface area contributed by atoms with Crippen molar-refractivity contribution in [2.75, 3.05) is 0 Å². The number of aromatic nitrogens is 2. The number of hydrogen-bond acceptors (Lipinski definition) is 4. The Morgan fingerprint density at radius 2 is 1.79 bits per heavy atom. The van der Waals surface area contributed by atoms with Crippen LogP contribution in [0.1, 0.15) is 27.2 Å². The number of aromatic carboxylic acids is 1. The van der Waals surface area contributed by atoms with Crippen LogP contribution in [-0.2, 0) is 17.6 Å². The van der Waals surface area contributed by atoms with Crippen molar-refractivity contribution >= 4 is 11.8 Å². The number of carboxylic acid groups (broad SMARTS) is 1. The molecule has 166 valence electrons. The summed E-state index contributed by atoms with van der Waals surface area (Å²) in [5, 5.41) is 9.05. The van der Waals surface area contributed by atoms with Crippen molar-refractivity contribution in [2.45, 2.75) is 19.8 Å². The van der Waals surface area contributed by atoms with Gasteiger partial charge in [0.25, 0.3) is 0 Å². The van der Waals surface area contributed by atoms with Gasteiger partial charge >= 0.3 is 5.97 Å². The number of aromatic amines is 1. The van der Waals surface area contributed by atoms with Gasteiger partial charge in [0.15, 0.2) is 0 Å². The average molecular weight is 444 g/mol. The lowest BCUT2D eigenvalue weighted by Crippen LogP contribution is -2.08. The van der Waals surface area contributed by atoms with Crippen molar-refractivity contribution in [3.8, 4) is 22.8 Å². The van der Waals surface area contributed by atoms with Crippen molar-refractivity contribution in [2.24, 2.45) is 0 Å². The van der Waals surface area contributed by atoms with E-state index in [2.05, 4.69) is 9.97 Å². The third kappa shape index (κ3) is 5.51. The summed E-state index contributed by atoms with van der Waals surface area (Å²) in [5.74, 6) is -0.367. The number of H-pyrrole nitrogens is 1. The summed E-state index contributed by atoms with van der Waals surface area (Å²) in [6.45, 7) is 1.86. The van der Waals surface area contributed by atoms with Gasteiger partial charge in [-0.3, -0.25) is 9.78 Å². The van der Waals surface area contributed by atoms with Crippen LogP contribution in [0.3, 0.4) is 0 Å². The summed E-state index contributed by atoms with van der Waals surface area (Å²) in [5.41, 5.74) is 3.42. The van der Waals surface area contributed by atoms with E-state index in [9.17, 15) is 14.0 Å². The molecular formula is C26H21FN2O4. The minimum absolute atomic E-state index is 0.0499. The number of benzene rings is 2. The molecular weight excluding hydrogens is 423 g/mol. The van der Waals surface area contributed by atoms with Gasteiger partial charge in [-0.15, -0.1) is 0 Å². The second-order valence-corrected chi connectivity index (χ2v) is 7.72. The van der Waals surface area contributed by atoms with Crippen LogP contribution < -0.4 is 4.74 Å². The molecule has 0 aliphatic heterocycles. The molecule has 4 aromatic rings. The van der Waals surface area contributed by atoms with Gasteiger partial charge in [-0.2, -0.15) is 0 Å². The van der Waals surface area contributed by atoms with E-state index in [1.807, 2.05) is 6.92 Å². The zero-order valence-electron chi connectivity index (χ0n) is 17.8. The Morgan fingerprint density at radius 1 is 1.00 bits per heavy atom. The third-order valence-corrected chi connectivity index (χ3v) is 5.09. The van der Waals surface area contributed by atoms with Crippen LogP contribution in [0.25, 0.3) is 11.3 Å². The molecule has 4 rings (SSSR count). The van der Waals surface area contributed by atoms with Gasteiger partial charge in [0.2, 0.25) is 0 Å². The molecule has 2 heterocycles. The number of ketones is 1. The zero-order valence-corrected chi connectivity index (χ0v) is 17.8. The number of nitrogens with zero attached hydrogens (tertiary/aromatic N) is 1. The Balaban J connectivity index is 1.40. The first-order valence-electron chi connectivity index (χ1n) is 10.3. The van der Waals surface area contributed by atoms with Gasteiger partial charge < -0.3 is 14.8 Å². The molecule has 0 bridgehead atoms. The molecule has 0 aliphatic rings. The van der Waals surface area contributed by atoms with E-state index in [1.54, 1.807) is 60.9 Å². The predicted octanol–water partition coefficient (Wildman–Crippen LogP) is 5.37. The molecule has 2 aromatic carbocycles. The fraction of sp³-hybridized carbons (Fsp3) is 0.115. The quantitative estimate of drug-likeness (QED) is 0.381. The summed E-state index contributed by atoms with van der Waals surface area (Å²) in [6.07, 6.45) is 3.40. The number of Topliss-reactive ketones (excluding diaryl/α,β-unsaturated/α-hetero) is 1. The second-order valence-electron chi connectivity index (χ2n) is 7.72. The minimum Gasteiger partial charge on any atom is -0.477 e. The Kier molecular flexibility index (Phi) is 6.31. The highest BCUT2D eigenvalue weighted by molar-refractivity contribution is 5.87. The fourth-order valence-electron chi connectivity index (χ4n) is 3.45. The van der Waals surface area contributed by atoms with Gasteiger partial charge in [0, 0.05) is 36.9 Å². The largest absolute Gasteiger partial charge is 0.477 e. The van der Waals surface area contributed by atoms with E-state index in [0.29, 0.717) is 28.3 Å². The van der Waals surface area contributed by atoms with E-state index >= 15 is 0 Å². The van der Waals surface area contributed by atoms with Gasteiger partial charge in [-0.1, -0.05) is 29.8 Å². The molecule has 2 N–H and O–H groups in total. The normalized spacial score (nSPS) is 10.7. The van der Waals surface area contributed by atoms with Gasteiger partial charge in [0.05, 0.1) is 5.69 Å². The summed E-state index contributed by atoms with van der Waals surface area (Å²) in [7, 11) is 0. The fourth-order valence-corrected chi connectivity index (χ4v) is 3.45. The van der Waals surface area contributed by atoms with Crippen LogP contribution >= 0.6 is 0 Å². The SMILES string of the molecule is Cc1ccc(F)c(CC(=O)Cc2ccc(Oc3ccnc(-c4c[nH]c(C(=O)O)c4)c3)cc2)c1. The van der Waals surface area contributed by atoms with Crippen molar-refractivity contribution in [3.63, 3.8) is 0 Å². The van der Waals surface area contributed by atoms with E-state index in [0.717, 1.165) is 11.1 Å². The van der Waals surface area contributed by atoms with Crippen LogP contribution in [-0.4, -0.2) is 26.8 Å². The number of hydrogen-bond donors (Lipinski definition) is 2. The molecule has 0 saturated carbocycles. The average Bonchev–Trinajstić information content (AvgIpc) is 3.29. The Labute approximate surface area is 189 Å². The molecule has 6 nitrogen and oxygen atoms in total. The number of rotatable bonds is 8. The maximum absolute atomic E-state index is 13.9. The zero-order chi connectivity index (χ0) is 23.4. The van der Waals surface area contributed by atoms with Gasteiger partial charge in [0.1, 0.15) is 28.8 Å². The molecule has 7 heteroatoms. The van der Waals surface area contributed by atoms with Crippen molar-refractivity contribution in [1.29, 1.82) is 0 Å². The van der Waals surface area contributed by atoms with E-state index < -0.39 is 5.97 Å². The summed E-state index contributed by atoms with van der Waals surface area (Å²) < 4.78 is 19.8. The van der Waals surface area contributed by atoms with Crippen LogP contribution in [0, 0.1) is 12.7 Å². The Hall–Kier alpha value is -4.26. The number of halogens is 1. The molecule has 2 aromatic heterocycles. The number of nitrogens with one attached hydrogen (secondary N) is 1. The smallest absolute Gasteiger partial charge is 0.352 e. The van der Waals surface area contributed by atoms with E-state index in [1.165, 1.54) is 12.1 Å². The number of carbonyl (C=O) groups excluding carboxylic acids is 1. The van der Waals surface area contributed by atoms with Crippen molar-refractivity contribution < 1.29 is 23.8 Å². The van der Waals surface area contributed by atoms with Crippen LogP contribution in [0.4, 0.5) is 4.39 Å². The first kappa shape index (κ1) is 22.0. The summed E-state index contributed by atoms with van der Waals surface area (Å²) >= 11 is 0. The topological polar surface area (TPSA) is 92.3 Å². The highest BCUT2D eigenvalue weighted by atomic mass is 19.1. The molecule has 33 heavy (non-hydrogen) atoms. The molecule has 0 saturated heterocycles. The van der Waals surface area contributed by atoms with Gasteiger partial charge in [-0.05, 0) is 48.4 Å². The minimum atomic E-state index is -1.05. The number of ether oxygens (including phenoxy) is 1.